The maximum atomic E-state index is 2.19. The molecule has 0 spiro atoms. The van der Waals surface area contributed by atoms with Crippen LogP contribution in [0.3, 0.4) is 0 Å². The van der Waals surface area contributed by atoms with Crippen molar-refractivity contribution in [2.75, 3.05) is 0 Å². The highest BCUT2D eigenvalue weighted by Crippen LogP contribution is 2.08. The van der Waals surface area contributed by atoms with Gasteiger partial charge in [0.15, 0.2) is 0 Å². The molecule has 0 aromatic carbocycles. The van der Waals surface area contributed by atoms with E-state index in [2.05, 4.69) is 83.1 Å². The van der Waals surface area contributed by atoms with Crippen molar-refractivity contribution in [3.05, 3.63) is 0 Å². The Bertz CT molecular complexity index is 65.2. The number of hydrogen-bond donors (Lipinski definition) is 0. The highest BCUT2D eigenvalue weighted by atomic mass is 14.0. The molecule has 0 fully saturated rings. The van der Waals surface area contributed by atoms with Gasteiger partial charge in [-0.15, -0.1) is 0 Å². The second-order valence-corrected chi connectivity index (χ2v) is 7.17. The first-order valence-corrected chi connectivity index (χ1v) is 6.88. The van der Waals surface area contributed by atoms with Gasteiger partial charge in [0, 0.05) is 0 Å². The van der Waals surface area contributed by atoms with Gasteiger partial charge in [0.1, 0.15) is 0 Å². The van der Waals surface area contributed by atoms with Crippen molar-refractivity contribution in [1.29, 1.82) is 0 Å². The van der Waals surface area contributed by atoms with Gasteiger partial charge >= 0.3 is 0 Å². The summed E-state index contributed by atoms with van der Waals surface area (Å²) in [6.07, 6.45) is 1.25. The van der Waals surface area contributed by atoms with E-state index in [9.17, 15) is 0 Å². The van der Waals surface area contributed by atoms with Gasteiger partial charge in [-0.25, -0.2) is 0 Å². The fourth-order valence-electron chi connectivity index (χ4n) is 0. The van der Waals surface area contributed by atoms with E-state index in [1.807, 2.05) is 0 Å². The molecule has 0 aromatic heterocycles. The van der Waals surface area contributed by atoms with Crippen LogP contribution in [-0.2, 0) is 0 Å². The van der Waals surface area contributed by atoms with E-state index in [1.54, 1.807) is 0 Å². The topological polar surface area (TPSA) is 0 Å². The molecule has 0 heterocycles. The van der Waals surface area contributed by atoms with Crippen LogP contribution < -0.4 is 0 Å². The lowest BCUT2D eigenvalue weighted by molar-refractivity contribution is 0.469. The molecule has 0 aliphatic rings. The van der Waals surface area contributed by atoms with Crippen LogP contribution in [0.15, 0.2) is 0 Å². The summed E-state index contributed by atoms with van der Waals surface area (Å²) in [5.41, 5.74) is 0.500. The molecule has 0 unspecified atom stereocenters. The van der Waals surface area contributed by atoms with Crippen LogP contribution in [0.4, 0.5) is 0 Å². The SMILES string of the molecule is CC(C)(C)C.CC(C)C.CC(C)C.CCC. The van der Waals surface area contributed by atoms with E-state index in [0.29, 0.717) is 5.41 Å². The fraction of sp³-hybridized carbons (Fsp3) is 1.00. The predicted molar refractivity (Wildman–Crippen MR) is 82.1 cm³/mol. The Morgan fingerprint density at radius 1 is 0.625 bits per heavy atom. The number of hydrogen-bond acceptors (Lipinski definition) is 0. The van der Waals surface area contributed by atoms with Crippen LogP contribution >= 0.6 is 0 Å². The van der Waals surface area contributed by atoms with Gasteiger partial charge < -0.3 is 0 Å². The minimum atomic E-state index is 0.500. The van der Waals surface area contributed by atoms with Crippen molar-refractivity contribution in [1.82, 2.24) is 0 Å². The van der Waals surface area contributed by atoms with Crippen LogP contribution in [-0.4, -0.2) is 0 Å². The summed E-state index contributed by atoms with van der Waals surface area (Å²) in [4.78, 5) is 0. The van der Waals surface area contributed by atoms with Crippen molar-refractivity contribution in [3.8, 4) is 0 Å². The first-order valence-electron chi connectivity index (χ1n) is 6.88. The zero-order valence-electron chi connectivity index (χ0n) is 14.4. The zero-order valence-corrected chi connectivity index (χ0v) is 14.4. The molecule has 0 aliphatic heterocycles. The van der Waals surface area contributed by atoms with Crippen molar-refractivity contribution < 1.29 is 0 Å². The summed E-state index contributed by atoms with van der Waals surface area (Å²) in [7, 11) is 0. The third kappa shape index (κ3) is 0. The van der Waals surface area contributed by atoms with Crippen molar-refractivity contribution in [3.63, 3.8) is 0 Å². The van der Waals surface area contributed by atoms with Gasteiger partial charge in [0.05, 0.1) is 0 Å². The smallest absolute Gasteiger partial charge is 0.0411 e. The van der Waals surface area contributed by atoms with Crippen LogP contribution in [0, 0.1) is 17.3 Å². The largest absolute Gasteiger partial charge is 0.0656 e. The predicted octanol–water partition coefficient (Wildman–Crippen LogP) is 6.79. The molecule has 0 aliphatic carbocycles. The highest BCUT2D eigenvalue weighted by Gasteiger charge is 1.95. The first-order chi connectivity index (χ1) is 6.88. The second kappa shape index (κ2) is 17.4. The Labute approximate surface area is 107 Å². The fourth-order valence-corrected chi connectivity index (χ4v) is 0. The Morgan fingerprint density at radius 3 is 0.625 bits per heavy atom. The molecule has 0 radical (unpaired) electrons. The molecule has 104 valence electrons. The van der Waals surface area contributed by atoms with Gasteiger partial charge in [0.2, 0.25) is 0 Å². The normalized spacial score (nSPS) is 9.38. The number of rotatable bonds is 0. The van der Waals surface area contributed by atoms with Gasteiger partial charge in [-0.2, -0.15) is 0 Å². The molecule has 0 saturated heterocycles. The Kier molecular flexibility index (Phi) is 27.2. The lowest BCUT2D eigenvalue weighted by atomic mass is 10.0. The standard InChI is InChI=1S/C5H12.2C4H10.C3H8/c1-5(2,3)4;2*1-4(2)3;1-3-2/h1-4H3;2*4H,1-3H3;3H2,1-2H3. The van der Waals surface area contributed by atoms with Gasteiger partial charge in [-0.3, -0.25) is 0 Å². The summed E-state index contributed by atoms with van der Waals surface area (Å²) in [5, 5.41) is 0. The van der Waals surface area contributed by atoms with Gasteiger partial charge in [-0.1, -0.05) is 89.5 Å². The summed E-state index contributed by atoms with van der Waals surface area (Å²) in [6, 6.07) is 0. The van der Waals surface area contributed by atoms with Crippen LogP contribution in [0.5, 0.6) is 0 Å². The van der Waals surface area contributed by atoms with Crippen LogP contribution in [0.2, 0.25) is 0 Å². The summed E-state index contributed by atoms with van der Waals surface area (Å²) >= 11 is 0. The lowest BCUT2D eigenvalue weighted by Gasteiger charge is -2.05. The lowest BCUT2D eigenvalue weighted by Crippen LogP contribution is -1.93. The summed E-state index contributed by atoms with van der Waals surface area (Å²) < 4.78 is 0. The molecular formula is C16H40. The minimum Gasteiger partial charge on any atom is -0.0656 e. The molecule has 0 aromatic rings. The first kappa shape index (κ1) is 25.0. The Hall–Kier alpha value is 0. The molecule has 0 rings (SSSR count). The molecule has 0 bridgehead atoms. The van der Waals surface area contributed by atoms with Crippen LogP contribution in [0.25, 0.3) is 0 Å². The molecule has 16 heavy (non-hydrogen) atoms. The minimum absolute atomic E-state index is 0.500. The Balaban J connectivity index is -0.0000000610. The quantitative estimate of drug-likeness (QED) is 0.431. The molecule has 0 heteroatoms. The molecule has 0 N–H and O–H groups in total. The summed E-state index contributed by atoms with van der Waals surface area (Å²) in [6.45, 7) is 26.0. The van der Waals surface area contributed by atoms with Crippen LogP contribution in [0.1, 0.15) is 89.5 Å². The van der Waals surface area contributed by atoms with Gasteiger partial charge in [0.25, 0.3) is 0 Å². The zero-order chi connectivity index (χ0) is 14.4. The average Bonchev–Trinajstić information content (AvgIpc) is 1.78. The molecule has 0 saturated carbocycles. The van der Waals surface area contributed by atoms with E-state index in [1.165, 1.54) is 6.42 Å². The van der Waals surface area contributed by atoms with E-state index in [4.69, 9.17) is 0 Å². The third-order valence-electron chi connectivity index (χ3n) is 0. The Morgan fingerprint density at radius 2 is 0.625 bits per heavy atom. The van der Waals surface area contributed by atoms with E-state index < -0.39 is 0 Å². The van der Waals surface area contributed by atoms with Crippen molar-refractivity contribution in [2.45, 2.75) is 89.5 Å². The highest BCUT2D eigenvalue weighted by molar-refractivity contribution is 4.47. The molecule has 0 amide bonds. The average molecular weight is 232 g/mol. The van der Waals surface area contributed by atoms with Gasteiger partial charge in [-0.05, 0) is 17.3 Å². The second-order valence-electron chi connectivity index (χ2n) is 7.17. The van der Waals surface area contributed by atoms with E-state index in [-0.39, 0.29) is 0 Å². The maximum absolute atomic E-state index is 2.19. The molecule has 0 atom stereocenters. The maximum Gasteiger partial charge on any atom is -0.0411 e. The summed E-state index contributed by atoms with van der Waals surface area (Å²) in [5.74, 6) is 1.67. The van der Waals surface area contributed by atoms with E-state index in [0.717, 1.165) is 11.8 Å². The third-order valence-corrected chi connectivity index (χ3v) is 0. The van der Waals surface area contributed by atoms with E-state index >= 15 is 0 Å². The molecular weight excluding hydrogens is 192 g/mol. The monoisotopic (exact) mass is 232 g/mol. The molecule has 0 nitrogen and oxygen atoms in total. The van der Waals surface area contributed by atoms with Crippen molar-refractivity contribution in [2.24, 2.45) is 17.3 Å². The van der Waals surface area contributed by atoms with Crippen molar-refractivity contribution >= 4 is 0 Å².